The van der Waals surface area contributed by atoms with Crippen LogP contribution in [0.5, 0.6) is 11.5 Å². The van der Waals surface area contributed by atoms with Crippen molar-refractivity contribution in [1.29, 1.82) is 0 Å². The van der Waals surface area contributed by atoms with Crippen LogP contribution in [0.15, 0.2) is 48.8 Å². The van der Waals surface area contributed by atoms with Gasteiger partial charge in [0.2, 0.25) is 0 Å². The number of nitrogens with zero attached hydrogens (tertiary/aromatic N) is 4. The molecule has 254 valence electrons. The standard InChI is InChI=1S/C34H42Cl2N4O4S3/c35-31-25(21-29(41)33-27(31)3-1-5-37-33)23-39-7-11-43-13-14-44-12-8-40(10-16-46-18-20-47-19-17-45-15-9-39)24-26-22-30(42)34-28(32(26)36)4-2-6-38-34/h1-6,21-22,41-42H,7-20,23-24H2. The summed E-state index contributed by atoms with van der Waals surface area (Å²) < 4.78 is 12.0. The van der Waals surface area contributed by atoms with E-state index in [-0.39, 0.29) is 11.5 Å². The van der Waals surface area contributed by atoms with E-state index in [1.165, 1.54) is 0 Å². The minimum atomic E-state index is 0.149. The van der Waals surface area contributed by atoms with Gasteiger partial charge in [-0.25, -0.2) is 0 Å². The lowest BCUT2D eigenvalue weighted by Crippen LogP contribution is -2.31. The summed E-state index contributed by atoms with van der Waals surface area (Å²) in [6, 6.07) is 11.0. The number of thioether (sulfide) groups is 3. The molecule has 13 heteroatoms. The van der Waals surface area contributed by atoms with Crippen LogP contribution in [0.4, 0.5) is 0 Å². The second kappa shape index (κ2) is 19.5. The lowest BCUT2D eigenvalue weighted by molar-refractivity contribution is 0.0309. The van der Waals surface area contributed by atoms with Crippen LogP contribution in [0.1, 0.15) is 11.1 Å². The molecule has 2 aromatic heterocycles. The highest BCUT2D eigenvalue weighted by molar-refractivity contribution is 8.04. The summed E-state index contributed by atoms with van der Waals surface area (Å²) in [7, 11) is 0. The molecule has 1 aliphatic rings. The first-order chi connectivity index (χ1) is 23.0. The number of benzene rings is 2. The molecule has 0 bridgehead atoms. The Hall–Kier alpha value is -1.67. The van der Waals surface area contributed by atoms with Gasteiger partial charge in [-0.2, -0.15) is 35.3 Å². The van der Waals surface area contributed by atoms with Crippen molar-refractivity contribution in [3.8, 4) is 11.5 Å². The largest absolute Gasteiger partial charge is 0.506 e. The molecule has 0 unspecified atom stereocenters. The predicted molar refractivity (Wildman–Crippen MR) is 201 cm³/mol. The second-order valence-corrected chi connectivity index (χ2v) is 15.6. The van der Waals surface area contributed by atoms with Crippen LogP contribution in [0.25, 0.3) is 21.8 Å². The van der Waals surface area contributed by atoms with Crippen LogP contribution in [-0.2, 0) is 22.6 Å². The molecule has 0 amide bonds. The number of ether oxygens (including phenoxy) is 2. The number of aromatic hydroxyl groups is 2. The summed E-state index contributed by atoms with van der Waals surface area (Å²) in [5, 5.41) is 24.0. The fraction of sp³-hybridized carbons (Fsp3) is 0.471. The van der Waals surface area contributed by atoms with Crippen molar-refractivity contribution in [2.45, 2.75) is 13.1 Å². The van der Waals surface area contributed by atoms with E-state index in [9.17, 15) is 10.2 Å². The van der Waals surface area contributed by atoms with Crippen molar-refractivity contribution in [2.75, 3.05) is 87.1 Å². The maximum Gasteiger partial charge on any atom is 0.142 e. The summed E-state index contributed by atoms with van der Waals surface area (Å²) in [6.07, 6.45) is 3.33. The van der Waals surface area contributed by atoms with Crippen LogP contribution in [-0.4, -0.2) is 117 Å². The van der Waals surface area contributed by atoms with E-state index < -0.39 is 0 Å². The summed E-state index contributed by atoms with van der Waals surface area (Å²) >= 11 is 19.5. The molecule has 0 spiro atoms. The lowest BCUT2D eigenvalue weighted by Gasteiger charge is -2.24. The number of pyridine rings is 2. The van der Waals surface area contributed by atoms with Crippen LogP contribution in [0.2, 0.25) is 10.0 Å². The van der Waals surface area contributed by atoms with Crippen molar-refractivity contribution < 1.29 is 19.7 Å². The molecule has 0 radical (unpaired) electrons. The molecule has 4 aromatic rings. The van der Waals surface area contributed by atoms with Crippen LogP contribution < -0.4 is 0 Å². The first kappa shape index (κ1) is 36.6. The fourth-order valence-corrected chi connectivity index (χ4v) is 9.21. The molecule has 8 nitrogen and oxygen atoms in total. The van der Waals surface area contributed by atoms with E-state index in [4.69, 9.17) is 32.7 Å². The van der Waals surface area contributed by atoms with Crippen LogP contribution >= 0.6 is 58.5 Å². The first-order valence-electron chi connectivity index (χ1n) is 15.8. The van der Waals surface area contributed by atoms with Crippen molar-refractivity contribution in [1.82, 2.24) is 19.8 Å². The zero-order valence-electron chi connectivity index (χ0n) is 26.4. The number of hydrogen-bond donors (Lipinski definition) is 2. The Morgan fingerprint density at radius 2 is 1.04 bits per heavy atom. The average molecular weight is 738 g/mol. The van der Waals surface area contributed by atoms with Gasteiger partial charge in [-0.3, -0.25) is 19.8 Å². The van der Waals surface area contributed by atoms with Gasteiger partial charge < -0.3 is 19.7 Å². The third kappa shape index (κ3) is 10.9. The SMILES string of the molecule is Oc1cc(CN2CCOCCOCCN(Cc3cc(O)c4ncccc4c3Cl)CCSCCSCCSCC2)c(Cl)c2cccnc12. The van der Waals surface area contributed by atoms with Gasteiger partial charge >= 0.3 is 0 Å². The predicted octanol–water partition coefficient (Wildman–Crippen LogP) is 7.05. The van der Waals surface area contributed by atoms with E-state index in [0.717, 1.165) is 82.6 Å². The van der Waals surface area contributed by atoms with Crippen molar-refractivity contribution >= 4 is 80.3 Å². The molecule has 1 aliphatic heterocycles. The Kier molecular flexibility index (Phi) is 15.2. The highest BCUT2D eigenvalue weighted by atomic mass is 35.5. The Labute approximate surface area is 299 Å². The normalized spacial score (nSPS) is 18.3. The zero-order valence-corrected chi connectivity index (χ0v) is 30.4. The fourth-order valence-electron chi connectivity index (χ4n) is 5.40. The number of phenolic OH excluding ortho intramolecular Hbond substituents is 2. The zero-order chi connectivity index (χ0) is 32.8. The topological polar surface area (TPSA) is 91.2 Å². The highest BCUT2D eigenvalue weighted by Gasteiger charge is 2.16. The Morgan fingerprint density at radius 3 is 1.49 bits per heavy atom. The molecular weight excluding hydrogens is 696 g/mol. The lowest BCUT2D eigenvalue weighted by atomic mass is 10.1. The van der Waals surface area contributed by atoms with Gasteiger partial charge in [0, 0.05) is 97.0 Å². The maximum atomic E-state index is 10.6. The van der Waals surface area contributed by atoms with Gasteiger partial charge in [0.1, 0.15) is 22.5 Å². The van der Waals surface area contributed by atoms with Gasteiger partial charge in [0.05, 0.1) is 36.5 Å². The van der Waals surface area contributed by atoms with E-state index in [0.29, 0.717) is 60.6 Å². The maximum absolute atomic E-state index is 10.6. The van der Waals surface area contributed by atoms with Gasteiger partial charge in [-0.1, -0.05) is 23.2 Å². The number of aromatic nitrogens is 2. The highest BCUT2D eigenvalue weighted by Crippen LogP contribution is 2.34. The number of halogens is 2. The van der Waals surface area contributed by atoms with E-state index in [2.05, 4.69) is 19.8 Å². The Balaban J connectivity index is 1.16. The van der Waals surface area contributed by atoms with Crippen molar-refractivity contribution in [3.05, 3.63) is 70.0 Å². The number of hydrogen-bond acceptors (Lipinski definition) is 11. The first-order valence-corrected chi connectivity index (χ1v) is 20.1. The van der Waals surface area contributed by atoms with Crippen LogP contribution in [0, 0.1) is 0 Å². The van der Waals surface area contributed by atoms with Gasteiger partial charge in [0.25, 0.3) is 0 Å². The second-order valence-electron chi connectivity index (χ2n) is 11.2. The Morgan fingerprint density at radius 1 is 0.617 bits per heavy atom. The number of rotatable bonds is 4. The summed E-state index contributed by atoms with van der Waals surface area (Å²) in [6.45, 7) is 6.71. The molecule has 0 atom stereocenters. The van der Waals surface area contributed by atoms with Gasteiger partial charge in [0.15, 0.2) is 0 Å². The number of fused-ring (bicyclic) bond motifs is 2. The molecule has 2 aromatic carbocycles. The molecule has 3 heterocycles. The quantitative estimate of drug-likeness (QED) is 0.226. The smallest absolute Gasteiger partial charge is 0.142 e. The molecule has 0 aliphatic carbocycles. The molecule has 0 saturated carbocycles. The minimum Gasteiger partial charge on any atom is -0.506 e. The molecular formula is C34H42Cl2N4O4S3. The summed E-state index contributed by atoms with van der Waals surface area (Å²) in [4.78, 5) is 13.3. The average Bonchev–Trinajstić information content (AvgIpc) is 3.08. The monoisotopic (exact) mass is 736 g/mol. The molecule has 1 fully saturated rings. The van der Waals surface area contributed by atoms with E-state index in [1.54, 1.807) is 24.5 Å². The molecule has 2 N–H and O–H groups in total. The van der Waals surface area contributed by atoms with E-state index in [1.807, 2.05) is 59.6 Å². The molecule has 47 heavy (non-hydrogen) atoms. The minimum absolute atomic E-state index is 0.149. The summed E-state index contributed by atoms with van der Waals surface area (Å²) in [5.41, 5.74) is 2.82. The van der Waals surface area contributed by atoms with Crippen molar-refractivity contribution in [2.24, 2.45) is 0 Å². The van der Waals surface area contributed by atoms with Crippen LogP contribution in [0.3, 0.4) is 0 Å². The third-order valence-corrected chi connectivity index (χ3v) is 12.2. The van der Waals surface area contributed by atoms with Gasteiger partial charge in [-0.05, 0) is 47.5 Å². The van der Waals surface area contributed by atoms with Crippen molar-refractivity contribution in [3.63, 3.8) is 0 Å². The third-order valence-electron chi connectivity index (χ3n) is 7.87. The Bertz CT molecular complexity index is 1470. The van der Waals surface area contributed by atoms with E-state index >= 15 is 0 Å². The molecule has 1 saturated heterocycles. The summed E-state index contributed by atoms with van der Waals surface area (Å²) in [5.74, 6) is 6.83. The van der Waals surface area contributed by atoms with Gasteiger partial charge in [-0.15, -0.1) is 0 Å². The number of phenols is 2. The molecule has 5 rings (SSSR count).